The van der Waals surface area contributed by atoms with Crippen LogP contribution in [0.4, 0.5) is 0 Å². The average molecular weight is 841 g/mol. The van der Waals surface area contributed by atoms with Gasteiger partial charge in [-0.1, -0.05) is 243 Å². The van der Waals surface area contributed by atoms with Crippen LogP contribution in [0.2, 0.25) is 0 Å². The predicted molar refractivity (Wildman–Crippen MR) is 264 cm³/mol. The molecule has 9 aromatic rings. The van der Waals surface area contributed by atoms with E-state index in [0.717, 1.165) is 53.5 Å². The van der Waals surface area contributed by atoms with Crippen molar-refractivity contribution < 1.29 is 9.59 Å². The third kappa shape index (κ3) is 7.37. The van der Waals surface area contributed by atoms with E-state index >= 15 is 9.59 Å². The van der Waals surface area contributed by atoms with Crippen LogP contribution in [0.25, 0.3) is 0 Å². The van der Waals surface area contributed by atoms with Crippen LogP contribution in [0.1, 0.15) is 30.5 Å². The van der Waals surface area contributed by atoms with Crippen molar-refractivity contribution in [3.63, 3.8) is 0 Å². The number of rotatable bonds is 12. The van der Waals surface area contributed by atoms with Crippen LogP contribution in [-0.2, 0) is 0 Å². The van der Waals surface area contributed by atoms with Crippen LogP contribution >= 0.6 is 25.1 Å². The largest absolute Gasteiger partial charge is 0.288 e. The molecule has 1 heterocycles. The Morgan fingerprint density at radius 1 is 0.262 bits per heavy atom. The molecule has 0 atom stereocenters. The van der Waals surface area contributed by atoms with E-state index in [2.05, 4.69) is 170 Å². The zero-order chi connectivity index (χ0) is 41.5. The Kier molecular flexibility index (Phi) is 11.7. The first-order valence-corrected chi connectivity index (χ1v) is 24.7. The van der Waals surface area contributed by atoms with E-state index in [1.165, 1.54) is 11.3 Å². The topological polar surface area (TPSA) is 34.1 Å². The maximum absolute atomic E-state index is 15.9. The van der Waals surface area contributed by atoms with Crippen molar-refractivity contribution in [2.45, 2.75) is 0 Å². The van der Waals surface area contributed by atoms with Crippen molar-refractivity contribution in [2.75, 3.05) is 0 Å². The second kappa shape index (κ2) is 17.9. The number of carbonyl (C=O) groups is 2. The first-order valence-electron chi connectivity index (χ1n) is 20.3. The molecule has 8 aromatic carbocycles. The number of thiophene rings is 1. The van der Waals surface area contributed by atoms with Crippen molar-refractivity contribution in [3.05, 3.63) is 276 Å². The van der Waals surface area contributed by atoms with Gasteiger partial charge in [-0.25, -0.2) is 0 Å². The SMILES string of the molecule is O=C(C(c1ccccc1)=P(c1ccccc1)(c1ccccc1)c1ccccc1)c1ccc(C(=O)C(c2ccccc2)=P(c2ccccc2)(c2ccccc2)c2ccccc2)s1. The van der Waals surface area contributed by atoms with Crippen LogP contribution in [0.3, 0.4) is 0 Å². The molecule has 61 heavy (non-hydrogen) atoms. The van der Waals surface area contributed by atoms with Crippen LogP contribution in [0.5, 0.6) is 0 Å². The molecule has 0 spiro atoms. The highest BCUT2D eigenvalue weighted by Gasteiger charge is 2.37. The number of hydrogen-bond donors (Lipinski definition) is 0. The summed E-state index contributed by atoms with van der Waals surface area (Å²) in [4.78, 5) is 32.9. The van der Waals surface area contributed by atoms with Crippen LogP contribution in [-0.4, -0.2) is 22.2 Å². The second-order valence-electron chi connectivity index (χ2n) is 14.6. The highest BCUT2D eigenvalue weighted by Crippen LogP contribution is 2.50. The molecule has 0 aliphatic rings. The Morgan fingerprint density at radius 3 is 0.672 bits per heavy atom. The summed E-state index contributed by atoms with van der Waals surface area (Å²) >= 11 is 1.29. The van der Waals surface area contributed by atoms with Gasteiger partial charge in [0.1, 0.15) is 0 Å². The van der Waals surface area contributed by atoms with Crippen LogP contribution in [0, 0.1) is 0 Å². The molecular weight excluding hydrogens is 799 g/mol. The standard InChI is InChI=1S/C56H42O2P2S/c57-53(55(43-25-9-1-10-26-43)59(45-29-13-3-14-30-45,46-31-15-4-16-32-46)47-33-17-5-18-34-47)51-41-42-52(61-51)54(58)56(44-27-11-2-12-28-44)60(48-35-19-6-20-36-48,49-37-21-7-22-38-49)50-39-23-8-24-40-50/h1-42H. The van der Waals surface area contributed by atoms with E-state index < -0.39 is 13.8 Å². The van der Waals surface area contributed by atoms with E-state index in [9.17, 15) is 0 Å². The van der Waals surface area contributed by atoms with E-state index in [1.807, 2.05) is 84.9 Å². The van der Waals surface area contributed by atoms with E-state index in [0.29, 0.717) is 9.75 Å². The Balaban J connectivity index is 1.35. The minimum Gasteiger partial charge on any atom is -0.288 e. The summed E-state index contributed by atoms with van der Waals surface area (Å²) in [5, 5.41) is 7.93. The number of benzene rings is 8. The Hall–Kier alpha value is -6.60. The third-order valence-electron chi connectivity index (χ3n) is 11.1. The van der Waals surface area contributed by atoms with Gasteiger partial charge < -0.3 is 0 Å². The fourth-order valence-corrected chi connectivity index (χ4v) is 18.6. The molecule has 0 amide bonds. The van der Waals surface area contributed by atoms with Gasteiger partial charge in [-0.15, -0.1) is 11.3 Å². The molecule has 0 aliphatic heterocycles. The molecule has 0 fully saturated rings. The molecule has 294 valence electrons. The van der Waals surface area contributed by atoms with Gasteiger partial charge in [-0.05, 0) is 68.9 Å². The van der Waals surface area contributed by atoms with Crippen molar-refractivity contribution in [1.82, 2.24) is 0 Å². The lowest BCUT2D eigenvalue weighted by Gasteiger charge is -2.32. The molecule has 0 saturated carbocycles. The van der Waals surface area contributed by atoms with Gasteiger partial charge >= 0.3 is 0 Å². The highest BCUT2D eigenvalue weighted by atomic mass is 32.1. The third-order valence-corrected chi connectivity index (χ3v) is 20.9. The summed E-state index contributed by atoms with van der Waals surface area (Å²) < 4.78 is 0. The highest BCUT2D eigenvalue weighted by molar-refractivity contribution is 7.97. The smallest absolute Gasteiger partial charge is 0.204 e. The maximum atomic E-state index is 15.9. The molecule has 5 heteroatoms. The molecule has 0 aliphatic carbocycles. The first-order chi connectivity index (χ1) is 30.1. The lowest BCUT2D eigenvalue weighted by atomic mass is 10.1. The number of hydrogen-bond acceptors (Lipinski definition) is 3. The minimum atomic E-state index is -2.85. The van der Waals surface area contributed by atoms with Crippen molar-refractivity contribution in [3.8, 4) is 0 Å². The molecule has 0 unspecified atom stereocenters. The fourth-order valence-electron chi connectivity index (χ4n) is 8.54. The summed E-state index contributed by atoms with van der Waals surface area (Å²) in [5.74, 6) is -0.173. The first kappa shape index (κ1) is 39.8. The van der Waals surface area contributed by atoms with Crippen molar-refractivity contribution in [2.24, 2.45) is 0 Å². The predicted octanol–water partition coefficient (Wildman–Crippen LogP) is 10.5. The summed E-state index contributed by atoms with van der Waals surface area (Å²) in [5.41, 5.74) is 1.72. The Bertz CT molecular complexity index is 2610. The van der Waals surface area contributed by atoms with Gasteiger partial charge in [-0.2, -0.15) is 0 Å². The zero-order valence-corrected chi connectivity index (χ0v) is 36.0. The molecule has 0 saturated heterocycles. The summed E-state index contributed by atoms with van der Waals surface area (Å²) in [6.07, 6.45) is 0. The van der Waals surface area contributed by atoms with Gasteiger partial charge in [-0.3, -0.25) is 9.59 Å². The molecule has 0 N–H and O–H groups in total. The molecule has 9 rings (SSSR count). The number of carbonyl (C=O) groups excluding carboxylic acids is 2. The van der Waals surface area contributed by atoms with Crippen LogP contribution in [0.15, 0.2) is 255 Å². The maximum Gasteiger partial charge on any atom is 0.204 e. The van der Waals surface area contributed by atoms with Crippen molar-refractivity contribution >= 4 is 79.1 Å². The molecular formula is C56H42O2P2S. The van der Waals surface area contributed by atoms with Gasteiger partial charge in [0, 0.05) is 10.6 Å². The summed E-state index contributed by atoms with van der Waals surface area (Å²) in [7, 11) is 0. The monoisotopic (exact) mass is 840 g/mol. The fraction of sp³-hybridized carbons (Fsp3) is 0. The lowest BCUT2D eigenvalue weighted by Crippen LogP contribution is -2.34. The number of Topliss-reactive ketones (excluding diaryl/α,β-unsaturated/α-hetero) is 2. The normalized spacial score (nSPS) is 11.4. The van der Waals surface area contributed by atoms with Crippen molar-refractivity contribution in [1.29, 1.82) is 0 Å². The minimum absolute atomic E-state index is 0.0864. The van der Waals surface area contributed by atoms with E-state index in [4.69, 9.17) is 0 Å². The van der Waals surface area contributed by atoms with Gasteiger partial charge in [0.2, 0.25) is 11.6 Å². The zero-order valence-electron chi connectivity index (χ0n) is 33.4. The van der Waals surface area contributed by atoms with Gasteiger partial charge in [0.25, 0.3) is 0 Å². The van der Waals surface area contributed by atoms with E-state index in [1.54, 1.807) is 0 Å². The summed E-state index contributed by atoms with van der Waals surface area (Å²) in [6.45, 7) is -5.69. The second-order valence-corrected chi connectivity index (χ2v) is 22.4. The quantitative estimate of drug-likeness (QED) is 0.0907. The Labute approximate surface area is 362 Å². The molecule has 0 bridgehead atoms. The molecule has 1 aromatic heterocycles. The van der Waals surface area contributed by atoms with Crippen LogP contribution < -0.4 is 31.8 Å². The molecule has 0 radical (unpaired) electrons. The molecule has 2 nitrogen and oxygen atoms in total. The van der Waals surface area contributed by atoms with Gasteiger partial charge in [0.05, 0.1) is 9.75 Å². The average Bonchev–Trinajstić information content (AvgIpc) is 3.85. The Morgan fingerprint density at radius 2 is 0.459 bits per heavy atom. The van der Waals surface area contributed by atoms with Gasteiger partial charge in [0.15, 0.2) is 0 Å². The lowest BCUT2D eigenvalue weighted by molar-refractivity contribution is 0.106. The summed E-state index contributed by atoms with van der Waals surface area (Å²) in [6, 6.07) is 86.8. The van der Waals surface area contributed by atoms with E-state index in [-0.39, 0.29) is 11.6 Å². The number of ketones is 2.